The van der Waals surface area contributed by atoms with Gasteiger partial charge in [0.1, 0.15) is 0 Å². The van der Waals surface area contributed by atoms with Crippen LogP contribution >= 0.6 is 0 Å². The summed E-state index contributed by atoms with van der Waals surface area (Å²) in [5.41, 5.74) is 0.0114. The van der Waals surface area contributed by atoms with Crippen molar-refractivity contribution in [1.82, 2.24) is 0 Å². The van der Waals surface area contributed by atoms with Gasteiger partial charge < -0.3 is 0 Å². The second-order valence-corrected chi connectivity index (χ2v) is 7.04. The molecule has 0 aliphatic carbocycles. The van der Waals surface area contributed by atoms with Gasteiger partial charge in [0.25, 0.3) is 0 Å². The van der Waals surface area contributed by atoms with Crippen molar-refractivity contribution in [2.45, 2.75) is 18.9 Å². The molecule has 1 N–H and O–H groups in total. The molecule has 0 saturated carbocycles. The molecule has 2 aromatic rings. The molecule has 1 aliphatic rings. The molecule has 0 fully saturated rings. The van der Waals surface area contributed by atoms with Crippen molar-refractivity contribution in [2.24, 2.45) is 0 Å². The van der Waals surface area contributed by atoms with Crippen molar-refractivity contribution >= 4 is 19.4 Å². The molecule has 102 valence electrons. The number of fused-ring (bicyclic) bond motifs is 1. The van der Waals surface area contributed by atoms with Gasteiger partial charge in [-0.15, -0.1) is 0 Å². The minimum atomic E-state index is -0.854. The van der Waals surface area contributed by atoms with Crippen LogP contribution < -0.4 is 9.20 Å². The predicted molar refractivity (Wildman–Crippen MR) is 81.2 cm³/mol. The summed E-state index contributed by atoms with van der Waals surface area (Å²) in [6.07, 6.45) is 0.526. The maximum absolute atomic E-state index is 10.6. The van der Waals surface area contributed by atoms with E-state index in [9.17, 15) is 5.11 Å². The van der Waals surface area contributed by atoms with Crippen molar-refractivity contribution in [2.75, 3.05) is 0 Å². The molecule has 0 bridgehead atoms. The second kappa shape index (κ2) is 5.45. The van der Waals surface area contributed by atoms with Crippen LogP contribution in [-0.2, 0) is 5.60 Å². The molecule has 2 aromatic carbocycles. The Kier molecular flexibility index (Phi) is 3.66. The Morgan fingerprint density at radius 2 is 1.80 bits per heavy atom. The monoisotopic (exact) mass is 332 g/mol. The molecule has 0 saturated heterocycles. The average Bonchev–Trinajstić information content (AvgIpc) is 2.46. The topological polar surface area (TPSA) is 29.5 Å². The van der Waals surface area contributed by atoms with E-state index in [2.05, 4.69) is 17.1 Å². The number of hydrogen-bond acceptors (Lipinski definition) is 2. The van der Waals surface area contributed by atoms with Crippen LogP contribution in [-0.4, -0.2) is 20.1 Å². The fourth-order valence-electron chi connectivity index (χ4n) is 2.31. The molecule has 1 unspecified atom stereocenters. The van der Waals surface area contributed by atoms with Crippen molar-refractivity contribution < 1.29 is 9.84 Å². The van der Waals surface area contributed by atoms with Crippen molar-refractivity contribution in [1.29, 1.82) is 0 Å². The van der Waals surface area contributed by atoms with Gasteiger partial charge in [0.2, 0.25) is 0 Å². The van der Waals surface area contributed by atoms with E-state index < -0.39 is 5.60 Å². The predicted octanol–water partition coefficient (Wildman–Crippen LogP) is 2.55. The van der Waals surface area contributed by atoms with Gasteiger partial charge in [-0.1, -0.05) is 0 Å². The average molecular weight is 331 g/mol. The molecule has 0 aromatic heterocycles. The summed E-state index contributed by atoms with van der Waals surface area (Å²) in [5.74, 6) is 1.62. The Labute approximate surface area is 125 Å². The van der Waals surface area contributed by atoms with Gasteiger partial charge in [-0.3, -0.25) is 0 Å². The first-order chi connectivity index (χ1) is 9.65. The summed E-state index contributed by atoms with van der Waals surface area (Å²) in [5, 5.41) is 10.6. The normalized spacial score (nSPS) is 23.2. The van der Waals surface area contributed by atoms with Gasteiger partial charge in [-0.25, -0.2) is 0 Å². The van der Waals surface area contributed by atoms with E-state index in [0.29, 0.717) is 6.42 Å². The fraction of sp³-hybridized carbons (Fsp3) is 0.176. The summed E-state index contributed by atoms with van der Waals surface area (Å²) in [7, 11) is 0. The van der Waals surface area contributed by atoms with Crippen LogP contribution in [0.5, 0.6) is 5.75 Å². The van der Waals surface area contributed by atoms with E-state index in [0.717, 1.165) is 17.1 Å². The second-order valence-electron chi connectivity index (χ2n) is 5.06. The van der Waals surface area contributed by atoms with Crippen LogP contribution in [0, 0.1) is 0 Å². The van der Waals surface area contributed by atoms with Crippen molar-refractivity contribution in [3.63, 3.8) is 0 Å². The van der Waals surface area contributed by atoms with Crippen LogP contribution in [0.1, 0.15) is 18.9 Å². The summed E-state index contributed by atoms with van der Waals surface area (Å²) < 4.78 is 7.21. The zero-order valence-corrected chi connectivity index (χ0v) is 13.0. The molecular formula is C17H16O2Se. The van der Waals surface area contributed by atoms with Gasteiger partial charge >= 0.3 is 125 Å². The Bertz CT molecular complexity index is 632. The van der Waals surface area contributed by atoms with Crippen LogP contribution in [0.15, 0.2) is 65.3 Å². The molecule has 1 heterocycles. The fourth-order valence-corrected chi connectivity index (χ4v) is 3.81. The summed E-state index contributed by atoms with van der Waals surface area (Å²) in [6.45, 7) is 1.84. The van der Waals surface area contributed by atoms with Crippen LogP contribution in [0.4, 0.5) is 0 Å². The first-order valence-corrected chi connectivity index (χ1v) is 8.40. The quantitative estimate of drug-likeness (QED) is 0.857. The van der Waals surface area contributed by atoms with E-state index >= 15 is 0 Å². The van der Waals surface area contributed by atoms with E-state index in [1.807, 2.05) is 49.4 Å². The number of para-hydroxylation sites is 1. The third-order valence-electron chi connectivity index (χ3n) is 3.30. The molecule has 1 aliphatic heterocycles. The summed E-state index contributed by atoms with van der Waals surface area (Å²) >= 11 is 0.221. The molecule has 20 heavy (non-hydrogen) atoms. The first kappa shape index (κ1) is 13.4. The third kappa shape index (κ3) is 2.80. The molecule has 0 amide bonds. The van der Waals surface area contributed by atoms with Gasteiger partial charge in [-0.2, -0.15) is 0 Å². The Morgan fingerprint density at radius 1 is 1.10 bits per heavy atom. The minimum absolute atomic E-state index is 0.221. The summed E-state index contributed by atoms with van der Waals surface area (Å²) in [4.78, 5) is 2.12. The van der Waals surface area contributed by atoms with Crippen molar-refractivity contribution in [3.8, 4) is 5.75 Å². The SMILES string of the molecule is CC1(O)C/C(=C\[Se]c2ccccc2)Oc2ccccc21. The molecule has 0 radical (unpaired) electrons. The standard InChI is InChI=1S/C17H16O2Se/c1-17(18)11-13(12-20-14-7-3-2-4-8-14)19-16-10-6-5-9-15(16)17/h2-10,12,18H,11H2,1H3/b13-12+. The van der Waals surface area contributed by atoms with Gasteiger partial charge in [0, 0.05) is 0 Å². The van der Waals surface area contributed by atoms with E-state index in [1.54, 1.807) is 0 Å². The number of benzene rings is 2. The molecule has 0 spiro atoms. The Balaban J connectivity index is 1.84. The third-order valence-corrected chi connectivity index (χ3v) is 5.24. The maximum atomic E-state index is 10.6. The van der Waals surface area contributed by atoms with E-state index in [-0.39, 0.29) is 15.0 Å². The molecule has 2 nitrogen and oxygen atoms in total. The van der Waals surface area contributed by atoms with E-state index in [4.69, 9.17) is 4.74 Å². The molecule has 3 rings (SSSR count). The van der Waals surface area contributed by atoms with Gasteiger partial charge in [0.15, 0.2) is 0 Å². The van der Waals surface area contributed by atoms with Crippen molar-refractivity contribution in [3.05, 3.63) is 70.9 Å². The Hall–Kier alpha value is -1.54. The van der Waals surface area contributed by atoms with E-state index in [1.165, 1.54) is 4.46 Å². The zero-order chi connectivity index (χ0) is 14.0. The summed E-state index contributed by atoms with van der Waals surface area (Å²) in [6, 6.07) is 18.0. The molecule has 1 atom stereocenters. The van der Waals surface area contributed by atoms with Gasteiger partial charge in [-0.05, 0) is 0 Å². The molecule has 3 heteroatoms. The Morgan fingerprint density at radius 3 is 2.60 bits per heavy atom. The number of ether oxygens (including phenoxy) is 1. The number of rotatable bonds is 2. The zero-order valence-electron chi connectivity index (χ0n) is 11.2. The van der Waals surface area contributed by atoms with Crippen LogP contribution in [0.25, 0.3) is 0 Å². The first-order valence-electron chi connectivity index (χ1n) is 6.56. The number of aliphatic hydroxyl groups is 1. The molecular weight excluding hydrogens is 315 g/mol. The van der Waals surface area contributed by atoms with Crippen LogP contribution in [0.3, 0.4) is 0 Å². The van der Waals surface area contributed by atoms with Gasteiger partial charge in [0.05, 0.1) is 0 Å². The van der Waals surface area contributed by atoms with Crippen LogP contribution in [0.2, 0.25) is 0 Å². The number of hydrogen-bond donors (Lipinski definition) is 1.